The van der Waals surface area contributed by atoms with Gasteiger partial charge in [0.15, 0.2) is 0 Å². The molecule has 0 aliphatic carbocycles. The molecule has 2 aromatic rings. The molecule has 1 amide bonds. The quantitative estimate of drug-likeness (QED) is 0.904. The maximum Gasteiger partial charge on any atom is 0.251 e. The van der Waals surface area contributed by atoms with E-state index in [4.69, 9.17) is 5.73 Å². The molecule has 0 saturated carbocycles. The molecule has 0 spiro atoms. The number of benzene rings is 1. The van der Waals surface area contributed by atoms with Gasteiger partial charge in [-0.05, 0) is 45.0 Å². The van der Waals surface area contributed by atoms with Crippen molar-refractivity contribution in [2.75, 3.05) is 6.54 Å². The third-order valence-corrected chi connectivity index (χ3v) is 3.18. The lowest BCUT2D eigenvalue weighted by Crippen LogP contribution is -2.37. The standard InChI is InChI=1S/C15H19FN4O.ClH/c1-9-6-11(3)20(19-9)14-5-4-12(7-13(14)16)15(21)18-10(2)8-17;/h4-7,10H,8,17H2,1-3H3,(H,18,21);1H/t10-;/m0./s1. The van der Waals surface area contributed by atoms with E-state index in [1.54, 1.807) is 19.1 Å². The predicted octanol–water partition coefficient (Wildman–Crippen LogP) is 2.13. The number of nitrogens with one attached hydrogen (secondary N) is 1. The molecule has 0 unspecified atom stereocenters. The second kappa shape index (κ2) is 7.38. The number of carbonyl (C=O) groups excluding carboxylic acids is 1. The van der Waals surface area contributed by atoms with Crippen LogP contribution in [0.25, 0.3) is 5.69 Å². The van der Waals surface area contributed by atoms with Gasteiger partial charge in [-0.15, -0.1) is 12.4 Å². The van der Waals surface area contributed by atoms with Gasteiger partial charge in [0, 0.05) is 23.8 Å². The van der Waals surface area contributed by atoms with E-state index in [-0.39, 0.29) is 29.9 Å². The maximum absolute atomic E-state index is 14.2. The Labute approximate surface area is 135 Å². The van der Waals surface area contributed by atoms with E-state index >= 15 is 0 Å². The van der Waals surface area contributed by atoms with Gasteiger partial charge in [-0.25, -0.2) is 9.07 Å². The van der Waals surface area contributed by atoms with Crippen molar-refractivity contribution in [2.24, 2.45) is 5.73 Å². The Balaban J connectivity index is 0.00000242. The average Bonchev–Trinajstić information content (AvgIpc) is 2.77. The molecule has 5 nitrogen and oxygen atoms in total. The van der Waals surface area contributed by atoms with Gasteiger partial charge in [0.05, 0.1) is 5.69 Å². The van der Waals surface area contributed by atoms with Crippen molar-refractivity contribution in [3.05, 3.63) is 47.0 Å². The molecule has 0 saturated heterocycles. The Morgan fingerprint density at radius 3 is 2.59 bits per heavy atom. The van der Waals surface area contributed by atoms with Crippen LogP contribution >= 0.6 is 12.4 Å². The lowest BCUT2D eigenvalue weighted by atomic mass is 10.1. The fourth-order valence-electron chi connectivity index (χ4n) is 2.06. The number of halogens is 2. The van der Waals surface area contributed by atoms with E-state index in [1.165, 1.54) is 10.7 Å². The number of hydrogen-bond acceptors (Lipinski definition) is 3. The molecule has 22 heavy (non-hydrogen) atoms. The summed E-state index contributed by atoms with van der Waals surface area (Å²) >= 11 is 0. The minimum atomic E-state index is -0.491. The van der Waals surface area contributed by atoms with Crippen LogP contribution in [0.2, 0.25) is 0 Å². The van der Waals surface area contributed by atoms with E-state index in [2.05, 4.69) is 10.4 Å². The molecule has 2 rings (SSSR count). The monoisotopic (exact) mass is 326 g/mol. The number of aryl methyl sites for hydroxylation is 2. The molecule has 120 valence electrons. The molecule has 0 aliphatic rings. The van der Waals surface area contributed by atoms with Crippen LogP contribution in [-0.4, -0.2) is 28.3 Å². The smallest absolute Gasteiger partial charge is 0.251 e. The van der Waals surface area contributed by atoms with Crippen molar-refractivity contribution >= 4 is 18.3 Å². The molecule has 0 bridgehead atoms. The first-order chi connectivity index (χ1) is 9.92. The predicted molar refractivity (Wildman–Crippen MR) is 86.2 cm³/mol. The summed E-state index contributed by atoms with van der Waals surface area (Å²) in [7, 11) is 0. The summed E-state index contributed by atoms with van der Waals surface area (Å²) in [5.41, 5.74) is 7.68. The molecule has 1 atom stereocenters. The molecule has 3 N–H and O–H groups in total. The van der Waals surface area contributed by atoms with Gasteiger partial charge in [-0.1, -0.05) is 0 Å². The Morgan fingerprint density at radius 1 is 1.41 bits per heavy atom. The fraction of sp³-hybridized carbons (Fsp3) is 0.333. The first-order valence-corrected chi connectivity index (χ1v) is 6.76. The van der Waals surface area contributed by atoms with Crippen LogP contribution in [0.15, 0.2) is 24.3 Å². The highest BCUT2D eigenvalue weighted by Crippen LogP contribution is 2.17. The zero-order valence-electron chi connectivity index (χ0n) is 12.8. The number of carbonyl (C=O) groups is 1. The third-order valence-electron chi connectivity index (χ3n) is 3.18. The molecular weight excluding hydrogens is 307 g/mol. The van der Waals surface area contributed by atoms with Crippen molar-refractivity contribution in [2.45, 2.75) is 26.8 Å². The Kier molecular flexibility index (Phi) is 6.08. The molecule has 0 radical (unpaired) electrons. The fourth-order valence-corrected chi connectivity index (χ4v) is 2.06. The number of nitrogens with two attached hydrogens (primary N) is 1. The zero-order chi connectivity index (χ0) is 15.6. The van der Waals surface area contributed by atoms with E-state index in [0.717, 1.165) is 11.4 Å². The van der Waals surface area contributed by atoms with Crippen LogP contribution in [0.3, 0.4) is 0 Å². The van der Waals surface area contributed by atoms with Gasteiger partial charge in [0.1, 0.15) is 11.5 Å². The molecule has 1 aromatic heterocycles. The van der Waals surface area contributed by atoms with Gasteiger partial charge in [0.2, 0.25) is 0 Å². The molecule has 1 heterocycles. The van der Waals surface area contributed by atoms with Crippen molar-refractivity contribution in [3.63, 3.8) is 0 Å². The van der Waals surface area contributed by atoms with Crippen molar-refractivity contribution in [1.29, 1.82) is 0 Å². The summed E-state index contributed by atoms with van der Waals surface area (Å²) in [6, 6.07) is 6.05. The second-order valence-electron chi connectivity index (χ2n) is 5.12. The van der Waals surface area contributed by atoms with Crippen LogP contribution in [0.4, 0.5) is 4.39 Å². The normalized spacial score (nSPS) is 11.7. The summed E-state index contributed by atoms with van der Waals surface area (Å²) < 4.78 is 15.8. The number of rotatable bonds is 4. The Hall–Kier alpha value is -1.92. The molecule has 7 heteroatoms. The first kappa shape index (κ1) is 18.1. The number of amides is 1. The first-order valence-electron chi connectivity index (χ1n) is 6.76. The van der Waals surface area contributed by atoms with Gasteiger partial charge < -0.3 is 11.1 Å². The summed E-state index contributed by atoms with van der Waals surface area (Å²) in [6.45, 7) is 5.82. The van der Waals surface area contributed by atoms with Crippen LogP contribution in [0.1, 0.15) is 28.7 Å². The van der Waals surface area contributed by atoms with Gasteiger partial charge in [-0.2, -0.15) is 5.10 Å². The highest BCUT2D eigenvalue weighted by atomic mass is 35.5. The highest BCUT2D eigenvalue weighted by Gasteiger charge is 2.14. The van der Waals surface area contributed by atoms with Crippen molar-refractivity contribution in [1.82, 2.24) is 15.1 Å². The minimum absolute atomic E-state index is 0. The van der Waals surface area contributed by atoms with Crippen LogP contribution < -0.4 is 11.1 Å². The van der Waals surface area contributed by atoms with Gasteiger partial charge in [-0.3, -0.25) is 4.79 Å². The highest BCUT2D eigenvalue weighted by molar-refractivity contribution is 5.94. The van der Waals surface area contributed by atoms with Gasteiger partial charge in [0.25, 0.3) is 5.91 Å². The van der Waals surface area contributed by atoms with Crippen LogP contribution in [0, 0.1) is 19.7 Å². The van der Waals surface area contributed by atoms with Crippen molar-refractivity contribution < 1.29 is 9.18 Å². The molecular formula is C15H20ClFN4O. The van der Waals surface area contributed by atoms with Crippen LogP contribution in [0.5, 0.6) is 0 Å². The summed E-state index contributed by atoms with van der Waals surface area (Å²) in [5.74, 6) is -0.832. The van der Waals surface area contributed by atoms with Gasteiger partial charge >= 0.3 is 0 Å². The minimum Gasteiger partial charge on any atom is -0.348 e. The summed E-state index contributed by atoms with van der Waals surface area (Å²) in [6.07, 6.45) is 0. The SMILES string of the molecule is Cc1cc(C)n(-c2ccc(C(=O)N[C@@H](C)CN)cc2F)n1.Cl. The third kappa shape index (κ3) is 3.84. The second-order valence-corrected chi connectivity index (χ2v) is 5.12. The largest absolute Gasteiger partial charge is 0.348 e. The number of hydrogen-bond donors (Lipinski definition) is 2. The van der Waals surface area contributed by atoms with E-state index in [1.807, 2.05) is 19.9 Å². The topological polar surface area (TPSA) is 72.9 Å². The maximum atomic E-state index is 14.2. The number of nitrogens with zero attached hydrogens (tertiary/aromatic N) is 2. The molecule has 0 aliphatic heterocycles. The van der Waals surface area contributed by atoms with Crippen LogP contribution in [-0.2, 0) is 0 Å². The van der Waals surface area contributed by atoms with Crippen molar-refractivity contribution in [3.8, 4) is 5.69 Å². The van der Waals surface area contributed by atoms with E-state index in [0.29, 0.717) is 12.2 Å². The summed E-state index contributed by atoms with van der Waals surface area (Å²) in [5, 5.41) is 6.93. The average molecular weight is 327 g/mol. The Bertz CT molecular complexity index is 672. The lowest BCUT2D eigenvalue weighted by Gasteiger charge is -2.12. The molecule has 0 fully saturated rings. The summed E-state index contributed by atoms with van der Waals surface area (Å²) in [4.78, 5) is 11.9. The molecule has 1 aromatic carbocycles. The van der Waals surface area contributed by atoms with E-state index < -0.39 is 5.82 Å². The van der Waals surface area contributed by atoms with E-state index in [9.17, 15) is 9.18 Å². The zero-order valence-corrected chi connectivity index (χ0v) is 13.6. The number of aromatic nitrogens is 2. The Morgan fingerprint density at radius 2 is 2.09 bits per heavy atom. The lowest BCUT2D eigenvalue weighted by molar-refractivity contribution is 0.0941.